The maximum absolute atomic E-state index is 14.4. The Labute approximate surface area is 206 Å². The average Bonchev–Trinajstić information content (AvgIpc) is 3.14. The van der Waals surface area contributed by atoms with Gasteiger partial charge in [0.15, 0.2) is 17.5 Å². The fourth-order valence-electron chi connectivity index (χ4n) is 7.98. The van der Waals surface area contributed by atoms with Crippen molar-refractivity contribution in [1.82, 2.24) is 4.57 Å². The third kappa shape index (κ3) is 2.83. The number of esters is 1. The molecule has 1 aromatic rings. The van der Waals surface area contributed by atoms with Gasteiger partial charge in [0.1, 0.15) is 6.10 Å². The van der Waals surface area contributed by atoms with Gasteiger partial charge in [0, 0.05) is 24.9 Å². The highest BCUT2D eigenvalue weighted by molar-refractivity contribution is 5.96. The fourth-order valence-corrected chi connectivity index (χ4v) is 7.98. The monoisotopic (exact) mass is 483 g/mol. The van der Waals surface area contributed by atoms with E-state index in [0.717, 1.165) is 17.7 Å². The molecule has 7 nitrogen and oxygen atoms in total. The van der Waals surface area contributed by atoms with Crippen LogP contribution in [0.2, 0.25) is 0 Å². The highest BCUT2D eigenvalue weighted by atomic mass is 16.6. The molecule has 4 aliphatic carbocycles. The Bertz CT molecular complexity index is 1190. The number of allylic oxidation sites excluding steroid dienone is 1. The minimum absolute atomic E-state index is 0.0355. The van der Waals surface area contributed by atoms with E-state index in [1.165, 1.54) is 0 Å². The van der Waals surface area contributed by atoms with Crippen LogP contribution in [-0.2, 0) is 16.6 Å². The number of nitrogens with zero attached hydrogens (tertiary/aromatic N) is 1. The van der Waals surface area contributed by atoms with Crippen molar-refractivity contribution in [1.29, 1.82) is 0 Å². The Morgan fingerprint density at radius 1 is 1.26 bits per heavy atom. The van der Waals surface area contributed by atoms with E-state index < -0.39 is 41.7 Å². The number of hydrogen-bond donors (Lipinski definition) is 3. The first kappa shape index (κ1) is 24.5. The minimum atomic E-state index is -2.12. The molecular weight excluding hydrogens is 446 g/mol. The van der Waals surface area contributed by atoms with Gasteiger partial charge in [-0.3, -0.25) is 4.79 Å². The fraction of sp³-hybridized carbons (Fsp3) is 0.643. The summed E-state index contributed by atoms with van der Waals surface area (Å²) in [5, 5.41) is 34.3. The van der Waals surface area contributed by atoms with E-state index in [2.05, 4.69) is 13.8 Å². The molecule has 0 saturated heterocycles. The molecule has 8 atom stereocenters. The lowest BCUT2D eigenvalue weighted by molar-refractivity contribution is -0.190. The molecule has 2 fully saturated rings. The third-order valence-electron chi connectivity index (χ3n) is 10.00. The summed E-state index contributed by atoms with van der Waals surface area (Å²) >= 11 is 0. The molecule has 0 amide bonds. The van der Waals surface area contributed by atoms with Gasteiger partial charge in [-0.15, -0.1) is 0 Å². The molecule has 1 spiro atoms. The molecule has 190 valence electrons. The minimum Gasteiger partial charge on any atom is -0.451 e. The van der Waals surface area contributed by atoms with Crippen molar-refractivity contribution < 1.29 is 29.6 Å². The summed E-state index contributed by atoms with van der Waals surface area (Å²) in [4.78, 5) is 27.8. The summed E-state index contributed by atoms with van der Waals surface area (Å²) in [6, 6.07) is 0. The number of hydrogen-bond acceptors (Lipinski definition) is 6. The van der Waals surface area contributed by atoms with Crippen molar-refractivity contribution in [3.8, 4) is 0 Å². The zero-order valence-electron chi connectivity index (χ0n) is 21.6. The van der Waals surface area contributed by atoms with Gasteiger partial charge in [-0.2, -0.15) is 0 Å². The van der Waals surface area contributed by atoms with Crippen LogP contribution in [0.4, 0.5) is 0 Å². The van der Waals surface area contributed by atoms with Crippen LogP contribution >= 0.6 is 0 Å². The molecule has 0 radical (unpaired) electrons. The Kier molecular flexibility index (Phi) is 5.18. The van der Waals surface area contributed by atoms with Gasteiger partial charge in [-0.05, 0) is 67.1 Å². The molecule has 4 aliphatic rings. The lowest BCUT2D eigenvalue weighted by Gasteiger charge is -2.48. The smallest absolute Gasteiger partial charge is 0.340 e. The number of aryl methyl sites for hydroxylation is 2. The second-order valence-electron chi connectivity index (χ2n) is 12.0. The number of fused-ring (bicyclic) bond motifs is 3. The number of carbonyl (C=O) groups is 2. The summed E-state index contributed by atoms with van der Waals surface area (Å²) in [6.07, 6.45) is 3.20. The zero-order valence-corrected chi connectivity index (χ0v) is 21.6. The number of ether oxygens (including phenoxy) is 1. The number of aliphatic hydroxyl groups is 3. The van der Waals surface area contributed by atoms with Crippen molar-refractivity contribution in [2.75, 3.05) is 6.61 Å². The summed E-state index contributed by atoms with van der Waals surface area (Å²) in [6.45, 7) is 11.2. The van der Waals surface area contributed by atoms with Crippen LogP contribution in [0.25, 0.3) is 0 Å². The molecule has 2 saturated carbocycles. The first-order chi connectivity index (χ1) is 16.2. The zero-order chi connectivity index (χ0) is 25.8. The van der Waals surface area contributed by atoms with Gasteiger partial charge in [-0.25, -0.2) is 4.79 Å². The number of rotatable bonds is 3. The molecule has 35 heavy (non-hydrogen) atoms. The second kappa shape index (κ2) is 7.40. The topological polar surface area (TPSA) is 109 Å². The van der Waals surface area contributed by atoms with E-state index in [9.17, 15) is 24.9 Å². The molecule has 5 rings (SSSR count). The van der Waals surface area contributed by atoms with Crippen LogP contribution in [0.15, 0.2) is 29.5 Å². The normalized spacial score (nSPS) is 41.3. The van der Waals surface area contributed by atoms with Crippen LogP contribution in [0.1, 0.15) is 55.7 Å². The number of Topliss-reactive ketones (excluding diaryl/α,β-unsaturated/α-hetero) is 1. The molecule has 7 heteroatoms. The molecule has 0 aliphatic heterocycles. The SMILES string of the molecule is CC1=C[C@]23C(=O)[C@@H](C=C(CO)[C@@H](O)[C@]2(O)[C@H]1OC(=O)c1c(C)cn(C)c1C)[C@H]1[C@@H](C[C@H]3C)C1(C)C. The molecule has 1 heterocycles. The number of ketones is 1. The molecule has 0 aromatic carbocycles. The van der Waals surface area contributed by atoms with Crippen LogP contribution in [-0.4, -0.2) is 56.1 Å². The summed E-state index contributed by atoms with van der Waals surface area (Å²) in [5.41, 5.74) is -0.951. The number of carbonyl (C=O) groups excluding carboxylic acids is 2. The molecule has 0 unspecified atom stereocenters. The predicted octanol–water partition coefficient (Wildman–Crippen LogP) is 2.64. The van der Waals surface area contributed by atoms with Crippen molar-refractivity contribution in [3.05, 3.63) is 46.3 Å². The van der Waals surface area contributed by atoms with E-state index in [0.29, 0.717) is 17.1 Å². The van der Waals surface area contributed by atoms with Crippen LogP contribution in [0.5, 0.6) is 0 Å². The Morgan fingerprint density at radius 2 is 1.91 bits per heavy atom. The number of aliphatic hydroxyl groups excluding tert-OH is 2. The quantitative estimate of drug-likeness (QED) is 0.451. The molecule has 2 bridgehead atoms. The lowest BCUT2D eigenvalue weighted by Crippen LogP contribution is -2.65. The first-order valence-corrected chi connectivity index (χ1v) is 12.5. The van der Waals surface area contributed by atoms with Gasteiger partial charge in [0.25, 0.3) is 0 Å². The Hall–Kier alpha value is -2.22. The standard InChI is InChI=1S/C28H37NO6/c1-13-10-27-15(3)8-19-21(26(19,5)6)18(23(27)32)9-17(12-30)22(31)28(27,34)24(13)35-25(33)20-14(2)11-29(7)16(20)4/h9-11,15,18-19,21-22,24,30-31,34H,8,12H2,1-7H3/t15-,18+,19-,21+,22-,24+,27+,28+/m1/s1. The van der Waals surface area contributed by atoms with Crippen molar-refractivity contribution in [3.63, 3.8) is 0 Å². The van der Waals surface area contributed by atoms with Crippen molar-refractivity contribution in [2.24, 2.45) is 41.5 Å². The van der Waals surface area contributed by atoms with E-state index in [4.69, 9.17) is 4.74 Å². The highest BCUT2D eigenvalue weighted by Gasteiger charge is 2.76. The van der Waals surface area contributed by atoms with Gasteiger partial charge < -0.3 is 24.6 Å². The van der Waals surface area contributed by atoms with Crippen LogP contribution in [0, 0.1) is 48.3 Å². The molecule has 1 aromatic heterocycles. The Morgan fingerprint density at radius 3 is 2.49 bits per heavy atom. The van der Waals surface area contributed by atoms with Gasteiger partial charge >= 0.3 is 5.97 Å². The van der Waals surface area contributed by atoms with E-state index >= 15 is 0 Å². The third-order valence-corrected chi connectivity index (χ3v) is 10.00. The summed E-state index contributed by atoms with van der Waals surface area (Å²) in [5.74, 6) is -1.20. The van der Waals surface area contributed by atoms with Gasteiger partial charge in [0.05, 0.1) is 17.6 Å². The van der Waals surface area contributed by atoms with Crippen LogP contribution in [0.3, 0.4) is 0 Å². The van der Waals surface area contributed by atoms with Gasteiger partial charge in [0.2, 0.25) is 0 Å². The molecular formula is C28H37NO6. The second-order valence-corrected chi connectivity index (χ2v) is 12.0. The summed E-state index contributed by atoms with van der Waals surface area (Å²) in [7, 11) is 1.84. The first-order valence-electron chi connectivity index (χ1n) is 12.5. The van der Waals surface area contributed by atoms with E-state index in [1.807, 2.05) is 38.6 Å². The highest BCUT2D eigenvalue weighted by Crippen LogP contribution is 2.71. The average molecular weight is 484 g/mol. The van der Waals surface area contributed by atoms with Gasteiger partial charge in [-0.1, -0.05) is 32.9 Å². The largest absolute Gasteiger partial charge is 0.451 e. The maximum Gasteiger partial charge on any atom is 0.340 e. The Balaban J connectivity index is 1.65. The predicted molar refractivity (Wildman–Crippen MR) is 129 cm³/mol. The maximum atomic E-state index is 14.4. The molecule has 3 N–H and O–H groups in total. The van der Waals surface area contributed by atoms with E-state index in [1.54, 1.807) is 19.1 Å². The van der Waals surface area contributed by atoms with Crippen molar-refractivity contribution in [2.45, 2.75) is 65.8 Å². The van der Waals surface area contributed by atoms with Crippen LogP contribution < -0.4 is 0 Å². The lowest BCUT2D eigenvalue weighted by atomic mass is 9.59. The van der Waals surface area contributed by atoms with E-state index in [-0.39, 0.29) is 28.6 Å². The summed E-state index contributed by atoms with van der Waals surface area (Å²) < 4.78 is 7.82. The number of aromatic nitrogens is 1. The van der Waals surface area contributed by atoms with Crippen molar-refractivity contribution >= 4 is 11.8 Å².